The molecule has 0 radical (unpaired) electrons. The van der Waals surface area contributed by atoms with Gasteiger partial charge in [0.15, 0.2) is 0 Å². The molecule has 2 N–H and O–H groups in total. The first-order valence-electron chi connectivity index (χ1n) is 4.66. The van der Waals surface area contributed by atoms with Crippen LogP contribution in [-0.2, 0) is 0 Å². The fraction of sp³-hybridized carbons (Fsp3) is 0.364. The van der Waals surface area contributed by atoms with Crippen molar-refractivity contribution in [2.45, 2.75) is 31.6 Å². The third kappa shape index (κ3) is 2.47. The van der Waals surface area contributed by atoms with Crippen molar-refractivity contribution in [3.63, 3.8) is 0 Å². The molecule has 0 fully saturated rings. The first-order chi connectivity index (χ1) is 6.99. The number of rotatable bonds is 3. The smallest absolute Gasteiger partial charge is 0.137 e. The van der Waals surface area contributed by atoms with Gasteiger partial charge < -0.3 is 10.5 Å². The van der Waals surface area contributed by atoms with Crippen LogP contribution in [0, 0.1) is 12.3 Å². The van der Waals surface area contributed by atoms with Gasteiger partial charge in [-0.05, 0) is 30.0 Å². The number of phenols is 1. The molecular formula is C11H14ClNOS. The summed E-state index contributed by atoms with van der Waals surface area (Å²) in [5.74, 6) is 0.381. The second-order valence-corrected chi connectivity index (χ2v) is 4.93. The van der Waals surface area contributed by atoms with Crippen LogP contribution >= 0.6 is 23.4 Å². The van der Waals surface area contributed by atoms with E-state index in [0.29, 0.717) is 5.02 Å². The highest BCUT2D eigenvalue weighted by Gasteiger charge is 2.15. The Morgan fingerprint density at radius 1 is 1.53 bits per heavy atom. The van der Waals surface area contributed by atoms with Crippen LogP contribution in [0.5, 0.6) is 5.75 Å². The highest BCUT2D eigenvalue weighted by Crippen LogP contribution is 2.39. The summed E-state index contributed by atoms with van der Waals surface area (Å²) in [5.41, 5.74) is 2.92. The maximum Gasteiger partial charge on any atom is 0.137 e. The zero-order valence-corrected chi connectivity index (χ0v) is 10.5. The van der Waals surface area contributed by atoms with Gasteiger partial charge in [-0.2, -0.15) is 0 Å². The minimum atomic E-state index is 0.165. The predicted molar refractivity (Wildman–Crippen MR) is 66.6 cm³/mol. The molecule has 0 amide bonds. The summed E-state index contributed by atoms with van der Waals surface area (Å²) >= 11 is 7.33. The van der Waals surface area contributed by atoms with E-state index in [1.807, 2.05) is 26.8 Å². The number of halogens is 1. The van der Waals surface area contributed by atoms with Crippen molar-refractivity contribution in [1.29, 1.82) is 5.41 Å². The Kier molecular flexibility index (Phi) is 4.05. The molecule has 0 aliphatic rings. The van der Waals surface area contributed by atoms with Gasteiger partial charge in [-0.3, -0.25) is 0 Å². The number of benzene rings is 1. The molecule has 0 saturated carbocycles. The van der Waals surface area contributed by atoms with Crippen molar-refractivity contribution < 1.29 is 5.11 Å². The maximum absolute atomic E-state index is 9.84. The van der Waals surface area contributed by atoms with E-state index in [2.05, 4.69) is 0 Å². The quantitative estimate of drug-likeness (QED) is 0.475. The molecule has 0 spiro atoms. The van der Waals surface area contributed by atoms with E-state index < -0.39 is 0 Å². The Bertz CT molecular complexity index is 391. The van der Waals surface area contributed by atoms with E-state index in [9.17, 15) is 5.11 Å². The summed E-state index contributed by atoms with van der Waals surface area (Å²) in [6, 6.07) is 1.90. The molecule has 0 aliphatic heterocycles. The molecule has 15 heavy (non-hydrogen) atoms. The van der Waals surface area contributed by atoms with Gasteiger partial charge in [-0.25, -0.2) is 0 Å². The van der Waals surface area contributed by atoms with Crippen molar-refractivity contribution in [3.05, 3.63) is 22.2 Å². The molecule has 0 heterocycles. The number of hydrogen-bond acceptors (Lipinski definition) is 3. The standard InChI is InChI=1S/C11H14ClNOS/c1-6(2)8-4-9(15-5-13)7(3)10(12)11(8)14/h4-6,13-14H,1-3H3. The fourth-order valence-corrected chi connectivity index (χ4v) is 2.22. The maximum atomic E-state index is 9.84. The van der Waals surface area contributed by atoms with E-state index in [1.165, 1.54) is 17.3 Å². The Balaban J connectivity index is 3.37. The van der Waals surface area contributed by atoms with Gasteiger partial charge in [-0.15, -0.1) is 0 Å². The number of phenolic OH excluding ortho intramolecular Hbond substituents is 1. The predicted octanol–water partition coefficient (Wildman–Crippen LogP) is 4.18. The fourth-order valence-electron chi connectivity index (χ4n) is 1.36. The van der Waals surface area contributed by atoms with Gasteiger partial charge in [-0.1, -0.05) is 37.2 Å². The molecule has 0 atom stereocenters. The molecule has 2 nitrogen and oxygen atoms in total. The third-order valence-electron chi connectivity index (χ3n) is 2.27. The van der Waals surface area contributed by atoms with Gasteiger partial charge in [0, 0.05) is 4.90 Å². The lowest BCUT2D eigenvalue weighted by molar-refractivity contribution is 0.464. The van der Waals surface area contributed by atoms with E-state index >= 15 is 0 Å². The van der Waals surface area contributed by atoms with E-state index in [4.69, 9.17) is 17.0 Å². The first-order valence-corrected chi connectivity index (χ1v) is 5.92. The van der Waals surface area contributed by atoms with Gasteiger partial charge in [0.25, 0.3) is 0 Å². The summed E-state index contributed by atoms with van der Waals surface area (Å²) in [6.45, 7) is 5.84. The van der Waals surface area contributed by atoms with Gasteiger partial charge in [0.1, 0.15) is 5.75 Å². The highest BCUT2D eigenvalue weighted by atomic mass is 35.5. The van der Waals surface area contributed by atoms with Crippen molar-refractivity contribution >= 4 is 28.9 Å². The van der Waals surface area contributed by atoms with Crippen LogP contribution < -0.4 is 0 Å². The molecule has 0 unspecified atom stereocenters. The number of hydrogen-bond donors (Lipinski definition) is 2. The SMILES string of the molecule is Cc1c(SC=N)cc(C(C)C)c(O)c1Cl. The molecule has 1 aromatic rings. The molecule has 0 saturated heterocycles. The lowest BCUT2D eigenvalue weighted by Gasteiger charge is -2.14. The Morgan fingerprint density at radius 3 is 2.60 bits per heavy atom. The zero-order valence-electron chi connectivity index (χ0n) is 8.97. The molecule has 1 aromatic carbocycles. The monoisotopic (exact) mass is 243 g/mol. The molecular weight excluding hydrogens is 230 g/mol. The highest BCUT2D eigenvalue weighted by molar-refractivity contribution is 8.12. The molecule has 1 rings (SSSR count). The Labute approximate surface area is 99.2 Å². The van der Waals surface area contributed by atoms with Gasteiger partial charge in [0.05, 0.1) is 10.6 Å². The van der Waals surface area contributed by atoms with Crippen LogP contribution in [0.1, 0.15) is 30.9 Å². The lowest BCUT2D eigenvalue weighted by Crippen LogP contribution is -1.93. The third-order valence-corrected chi connectivity index (χ3v) is 3.53. The second kappa shape index (κ2) is 4.90. The number of aromatic hydroxyl groups is 1. The Morgan fingerprint density at radius 2 is 2.13 bits per heavy atom. The summed E-state index contributed by atoms with van der Waals surface area (Å²) in [7, 11) is 0. The van der Waals surface area contributed by atoms with E-state index in [0.717, 1.165) is 16.0 Å². The zero-order chi connectivity index (χ0) is 11.6. The average molecular weight is 244 g/mol. The van der Waals surface area contributed by atoms with Crippen LogP contribution in [0.15, 0.2) is 11.0 Å². The van der Waals surface area contributed by atoms with Crippen LogP contribution in [0.3, 0.4) is 0 Å². The van der Waals surface area contributed by atoms with Crippen LogP contribution in [-0.4, -0.2) is 10.7 Å². The molecule has 0 aromatic heterocycles. The molecule has 82 valence electrons. The molecule has 0 aliphatic carbocycles. The Hall–Kier alpha value is -0.670. The summed E-state index contributed by atoms with van der Waals surface area (Å²) in [4.78, 5) is 0.927. The number of nitrogens with one attached hydrogen (secondary N) is 1. The van der Waals surface area contributed by atoms with Crippen LogP contribution in [0.4, 0.5) is 0 Å². The normalized spacial score (nSPS) is 10.7. The molecule has 0 bridgehead atoms. The average Bonchev–Trinajstić information content (AvgIpc) is 2.18. The van der Waals surface area contributed by atoms with Crippen molar-refractivity contribution in [3.8, 4) is 5.75 Å². The lowest BCUT2D eigenvalue weighted by atomic mass is 10.0. The van der Waals surface area contributed by atoms with Crippen molar-refractivity contribution in [1.82, 2.24) is 0 Å². The summed E-state index contributed by atoms with van der Waals surface area (Å²) < 4.78 is 0. The summed E-state index contributed by atoms with van der Waals surface area (Å²) in [6.07, 6.45) is 0. The van der Waals surface area contributed by atoms with Crippen LogP contribution in [0.2, 0.25) is 5.02 Å². The second-order valence-electron chi connectivity index (χ2n) is 3.64. The first kappa shape index (κ1) is 12.4. The minimum absolute atomic E-state index is 0.165. The summed E-state index contributed by atoms with van der Waals surface area (Å²) in [5, 5.41) is 17.3. The van der Waals surface area contributed by atoms with Gasteiger partial charge >= 0.3 is 0 Å². The largest absolute Gasteiger partial charge is 0.506 e. The van der Waals surface area contributed by atoms with E-state index in [-0.39, 0.29) is 11.7 Å². The van der Waals surface area contributed by atoms with Gasteiger partial charge in [0.2, 0.25) is 0 Å². The van der Waals surface area contributed by atoms with Crippen molar-refractivity contribution in [2.75, 3.05) is 0 Å². The van der Waals surface area contributed by atoms with Crippen LogP contribution in [0.25, 0.3) is 0 Å². The van der Waals surface area contributed by atoms with E-state index in [1.54, 1.807) is 0 Å². The number of thioether (sulfide) groups is 1. The topological polar surface area (TPSA) is 44.1 Å². The molecule has 4 heteroatoms. The van der Waals surface area contributed by atoms with Crippen molar-refractivity contribution in [2.24, 2.45) is 0 Å². The minimum Gasteiger partial charge on any atom is -0.506 e.